The molecule has 1 aliphatic heterocycles. The van der Waals surface area contributed by atoms with E-state index in [2.05, 4.69) is 9.71 Å². The van der Waals surface area contributed by atoms with E-state index in [1.54, 1.807) is 24.5 Å². The number of nitrogens with two attached hydrogens (primary N) is 1. The van der Waals surface area contributed by atoms with Gasteiger partial charge < -0.3 is 9.27 Å². The van der Waals surface area contributed by atoms with Gasteiger partial charge in [0.25, 0.3) is 0 Å². The van der Waals surface area contributed by atoms with Gasteiger partial charge in [-0.1, -0.05) is 6.07 Å². The van der Waals surface area contributed by atoms with Gasteiger partial charge in [0.2, 0.25) is 6.34 Å². The zero-order chi connectivity index (χ0) is 11.6. The Kier molecular flexibility index (Phi) is 3.01. The summed E-state index contributed by atoms with van der Waals surface area (Å²) in [6, 6.07) is 6.96. The molecule has 0 aliphatic carbocycles. The zero-order valence-corrected chi connectivity index (χ0v) is 9.31. The van der Waals surface area contributed by atoms with Gasteiger partial charge in [-0.05, 0) is 6.07 Å². The molecule has 0 saturated carbocycles. The second kappa shape index (κ2) is 4.30. The van der Waals surface area contributed by atoms with Crippen LogP contribution in [0.25, 0.3) is 0 Å². The number of anilines is 1. The lowest BCUT2D eigenvalue weighted by atomic mass is 10.2. The highest BCUT2D eigenvalue weighted by Crippen LogP contribution is 2.23. The minimum absolute atomic E-state index is 0.112. The van der Waals surface area contributed by atoms with E-state index in [-0.39, 0.29) is 4.59 Å². The number of hydrogen-bond donors (Lipinski definition) is 2. The molecule has 86 valence electrons. The summed E-state index contributed by atoms with van der Waals surface area (Å²) in [4.78, 5) is 4.08. The van der Waals surface area contributed by atoms with Crippen LogP contribution in [0.1, 0.15) is 0 Å². The van der Waals surface area contributed by atoms with Gasteiger partial charge in [0.15, 0.2) is 5.69 Å². The Balaban J connectivity index is 2.28. The molecule has 16 heavy (non-hydrogen) atoms. The fourth-order valence-electron chi connectivity index (χ4n) is 1.60. The molecule has 2 rings (SSSR count). The smallest absolute Gasteiger partial charge is 0.210 e. The summed E-state index contributed by atoms with van der Waals surface area (Å²) in [7, 11) is 0. The normalized spacial score (nSPS) is 25.6. The van der Waals surface area contributed by atoms with Crippen LogP contribution in [-0.2, 0) is 11.3 Å². The number of benzene rings is 1. The molecule has 0 radical (unpaired) electrons. The van der Waals surface area contributed by atoms with Gasteiger partial charge in [-0.2, -0.15) is 10.4 Å². The Hall–Kier alpha value is -1.28. The van der Waals surface area contributed by atoms with Crippen molar-refractivity contribution in [2.24, 2.45) is 10.8 Å². The minimum Gasteiger partial charge on any atom is -0.755 e. The van der Waals surface area contributed by atoms with Gasteiger partial charge in [0.1, 0.15) is 6.54 Å². The van der Waals surface area contributed by atoms with Crippen LogP contribution in [0.3, 0.4) is 0 Å². The first-order chi connectivity index (χ1) is 7.60. The highest BCUT2D eigenvalue weighted by atomic mass is 32.2. The highest BCUT2D eigenvalue weighted by molar-refractivity contribution is 7.80. The largest absolute Gasteiger partial charge is 0.755 e. The van der Waals surface area contributed by atoms with Gasteiger partial charge in [-0.3, -0.25) is 4.21 Å². The quantitative estimate of drug-likeness (QED) is 0.446. The van der Waals surface area contributed by atoms with Crippen molar-refractivity contribution in [3.05, 3.63) is 24.3 Å². The molecule has 2 unspecified atom stereocenters. The zero-order valence-electron chi connectivity index (χ0n) is 8.50. The Morgan fingerprint density at radius 3 is 3.00 bits per heavy atom. The summed E-state index contributed by atoms with van der Waals surface area (Å²) in [6.45, 7) is 1.37. The van der Waals surface area contributed by atoms with Gasteiger partial charge in [0, 0.05) is 23.4 Å². The summed E-state index contributed by atoms with van der Waals surface area (Å²) in [5.41, 5.74) is 1.30. The van der Waals surface area contributed by atoms with E-state index < -0.39 is 11.3 Å². The maximum atomic E-state index is 10.5. The fourth-order valence-corrected chi connectivity index (χ4v) is 1.92. The first-order valence-corrected chi connectivity index (χ1v) is 5.81. The first kappa shape index (κ1) is 11.2. The molecule has 1 aromatic rings. The summed E-state index contributed by atoms with van der Waals surface area (Å²) < 4.78 is 23.4. The van der Waals surface area contributed by atoms with E-state index in [9.17, 15) is 8.76 Å². The van der Waals surface area contributed by atoms with Gasteiger partial charge >= 0.3 is 0 Å². The van der Waals surface area contributed by atoms with Crippen LogP contribution in [0.4, 0.5) is 11.4 Å². The molecule has 3 N–H and O–H groups in total. The number of rotatable bonds is 3. The van der Waals surface area contributed by atoms with E-state index >= 15 is 0 Å². The lowest BCUT2D eigenvalue weighted by molar-refractivity contribution is 0.479. The van der Waals surface area contributed by atoms with Crippen molar-refractivity contribution in [3.8, 4) is 0 Å². The molecule has 1 aliphatic rings. The molecule has 0 fully saturated rings. The second-order valence-electron chi connectivity index (χ2n) is 3.56. The van der Waals surface area contributed by atoms with Crippen LogP contribution in [0, 0.1) is 0 Å². The predicted molar refractivity (Wildman–Crippen MR) is 63.2 cm³/mol. The molecular weight excluding hydrogens is 228 g/mol. The first-order valence-electron chi connectivity index (χ1n) is 4.74. The Labute approximate surface area is 95.8 Å². The average Bonchev–Trinajstić information content (AvgIpc) is 2.66. The molecule has 2 atom stereocenters. The highest BCUT2D eigenvalue weighted by Gasteiger charge is 2.28. The lowest BCUT2D eigenvalue weighted by Crippen LogP contribution is -2.53. The molecule has 0 bridgehead atoms. The van der Waals surface area contributed by atoms with Gasteiger partial charge in [-0.15, -0.1) is 0 Å². The summed E-state index contributed by atoms with van der Waals surface area (Å²) in [5.74, 6) is 6.09. The average molecular weight is 240 g/mol. The number of quaternary nitrogens is 1. The van der Waals surface area contributed by atoms with Gasteiger partial charge in [-0.25, -0.2) is 4.99 Å². The maximum Gasteiger partial charge on any atom is 0.210 e. The summed E-state index contributed by atoms with van der Waals surface area (Å²) in [6.07, 6.45) is 1.66. The van der Waals surface area contributed by atoms with Crippen molar-refractivity contribution < 1.29 is 8.76 Å². The van der Waals surface area contributed by atoms with E-state index in [0.717, 1.165) is 5.69 Å². The lowest BCUT2D eigenvalue weighted by Gasteiger charge is -2.23. The van der Waals surface area contributed by atoms with Crippen LogP contribution < -0.4 is 15.2 Å². The van der Waals surface area contributed by atoms with Crippen molar-refractivity contribution in [2.75, 3.05) is 17.8 Å². The second-order valence-corrected chi connectivity index (χ2v) is 4.24. The third-order valence-electron chi connectivity index (χ3n) is 2.41. The molecule has 0 aromatic heterocycles. The molecule has 1 aromatic carbocycles. The minimum atomic E-state index is -2.32. The topological polar surface area (TPSA) is 90.5 Å². The molecule has 6 nitrogen and oxygen atoms in total. The third kappa shape index (κ3) is 2.27. The molecule has 7 heteroatoms. The predicted octanol–water partition coefficient (Wildman–Crippen LogP) is 0.115. The van der Waals surface area contributed by atoms with Crippen molar-refractivity contribution in [3.63, 3.8) is 0 Å². The van der Waals surface area contributed by atoms with Crippen LogP contribution >= 0.6 is 0 Å². The van der Waals surface area contributed by atoms with E-state index in [1.165, 1.54) is 0 Å². The van der Waals surface area contributed by atoms with Crippen LogP contribution in [0.15, 0.2) is 29.3 Å². The monoisotopic (exact) mass is 240 g/mol. The fraction of sp³-hybridized carbons (Fsp3) is 0.222. The number of nitrogens with one attached hydrogen (secondary N) is 1. The SMILES string of the molecule is N[N+]1(c2cccc(NS(=O)[O-])c2)C=NCC1. The molecule has 0 amide bonds. The number of nitrogens with zero attached hydrogens (tertiary/aromatic N) is 2. The Bertz CT molecular complexity index is 451. The molecule has 1 heterocycles. The van der Waals surface area contributed by atoms with Crippen LogP contribution in [-0.4, -0.2) is 28.2 Å². The Morgan fingerprint density at radius 1 is 1.56 bits per heavy atom. The third-order valence-corrected chi connectivity index (χ3v) is 2.82. The number of aliphatic imine (C=N–C) groups is 1. The molecular formula is C9H12N4O2S. The van der Waals surface area contributed by atoms with Crippen LogP contribution in [0.5, 0.6) is 0 Å². The van der Waals surface area contributed by atoms with Gasteiger partial charge in [0.05, 0.1) is 12.2 Å². The van der Waals surface area contributed by atoms with Crippen molar-refractivity contribution >= 4 is 29.0 Å². The van der Waals surface area contributed by atoms with Crippen LogP contribution in [0.2, 0.25) is 0 Å². The van der Waals surface area contributed by atoms with E-state index in [0.29, 0.717) is 18.8 Å². The van der Waals surface area contributed by atoms with E-state index in [1.807, 2.05) is 6.07 Å². The molecule has 0 saturated heterocycles. The summed E-state index contributed by atoms with van der Waals surface area (Å²) in [5, 5.41) is 0. The van der Waals surface area contributed by atoms with Crippen molar-refractivity contribution in [1.29, 1.82) is 0 Å². The maximum absolute atomic E-state index is 10.5. The van der Waals surface area contributed by atoms with Crippen molar-refractivity contribution in [2.45, 2.75) is 0 Å². The number of hydrogen-bond acceptors (Lipinski definition) is 4. The summed E-state index contributed by atoms with van der Waals surface area (Å²) >= 11 is -2.32. The standard InChI is InChI=1S/C9H12N4O2S/c10-13(5-4-11-7-13)9-3-1-2-8(6-9)12-16(14)15/h1-3,6-7,12H,4-5,10H2. The van der Waals surface area contributed by atoms with Crippen molar-refractivity contribution in [1.82, 2.24) is 4.59 Å². The van der Waals surface area contributed by atoms with E-state index in [4.69, 9.17) is 5.84 Å². The Morgan fingerprint density at radius 2 is 2.38 bits per heavy atom. The molecule has 0 spiro atoms.